The fourth-order valence-electron chi connectivity index (χ4n) is 5.72. The van der Waals surface area contributed by atoms with Crippen LogP contribution in [0.25, 0.3) is 17.0 Å². The van der Waals surface area contributed by atoms with E-state index in [2.05, 4.69) is 27.2 Å². The number of carbonyl (C=O) groups is 2. The average Bonchev–Trinajstić information content (AvgIpc) is 3.42. The number of nitrogens with zero attached hydrogens (tertiary/aromatic N) is 3. The number of nitrogens with one attached hydrogen (secondary N) is 1. The van der Waals surface area contributed by atoms with E-state index >= 15 is 0 Å². The predicted molar refractivity (Wildman–Crippen MR) is 169 cm³/mol. The van der Waals surface area contributed by atoms with Crippen LogP contribution in [0.1, 0.15) is 34.5 Å². The van der Waals surface area contributed by atoms with Gasteiger partial charge in [0.05, 0.1) is 5.39 Å². The third-order valence-corrected chi connectivity index (χ3v) is 8.23. The second-order valence-corrected chi connectivity index (χ2v) is 11.4. The minimum Gasteiger partial charge on any atom is -0.451 e. The molecule has 2 fully saturated rings. The van der Waals surface area contributed by atoms with Gasteiger partial charge in [0.2, 0.25) is 5.91 Å². The number of benzene rings is 3. The summed E-state index contributed by atoms with van der Waals surface area (Å²) >= 11 is 6.10. The number of carbonyl (C=O) groups excluding carboxylic acids is 2. The van der Waals surface area contributed by atoms with Crippen molar-refractivity contribution in [2.24, 2.45) is 0 Å². The van der Waals surface area contributed by atoms with Crippen molar-refractivity contribution in [2.45, 2.75) is 19.4 Å². The maximum Gasteiger partial charge on any atom is 0.291 e. The Morgan fingerprint density at radius 2 is 1.65 bits per heavy atom. The molecule has 0 radical (unpaired) electrons. The lowest BCUT2D eigenvalue weighted by atomic mass is 10.1. The number of hydrogen-bond donors (Lipinski definition) is 1. The van der Waals surface area contributed by atoms with Crippen molar-refractivity contribution < 1.29 is 14.0 Å². The van der Waals surface area contributed by atoms with Crippen LogP contribution >= 0.6 is 11.6 Å². The Balaban J connectivity index is 1.17. The van der Waals surface area contributed by atoms with Gasteiger partial charge in [0.15, 0.2) is 11.2 Å². The summed E-state index contributed by atoms with van der Waals surface area (Å²) in [6.45, 7) is 5.16. The van der Waals surface area contributed by atoms with Gasteiger partial charge >= 0.3 is 0 Å². The van der Waals surface area contributed by atoms with Crippen LogP contribution in [0, 0.1) is 0 Å². The van der Waals surface area contributed by atoms with Crippen molar-refractivity contribution in [3.05, 3.63) is 117 Å². The average molecular weight is 597 g/mol. The minimum absolute atomic E-state index is 0.0383. The van der Waals surface area contributed by atoms with Gasteiger partial charge in [-0.2, -0.15) is 0 Å². The number of likely N-dealkylation sites (tertiary alicyclic amines) is 1. The van der Waals surface area contributed by atoms with E-state index in [1.165, 1.54) is 17.3 Å². The first-order valence-corrected chi connectivity index (χ1v) is 14.9. The lowest BCUT2D eigenvalue weighted by molar-refractivity contribution is -0.128. The molecule has 4 aromatic rings. The molecule has 43 heavy (non-hydrogen) atoms. The zero-order chi connectivity index (χ0) is 29.8. The molecule has 0 atom stereocenters. The number of halogens is 1. The molecule has 9 heteroatoms. The minimum atomic E-state index is -0.480. The third kappa shape index (κ3) is 6.82. The Morgan fingerprint density at radius 1 is 0.907 bits per heavy atom. The fraction of sp³-hybridized carbons (Fsp3) is 0.265. The molecule has 1 N–H and O–H groups in total. The molecule has 2 saturated heterocycles. The first-order valence-electron chi connectivity index (χ1n) is 14.6. The molecule has 6 rings (SSSR count). The quantitative estimate of drug-likeness (QED) is 0.302. The fourth-order valence-corrected chi connectivity index (χ4v) is 5.85. The summed E-state index contributed by atoms with van der Waals surface area (Å²) in [6, 6.07) is 23.9. The summed E-state index contributed by atoms with van der Waals surface area (Å²) in [4.78, 5) is 44.8. The van der Waals surface area contributed by atoms with E-state index in [9.17, 15) is 14.4 Å². The van der Waals surface area contributed by atoms with Crippen LogP contribution in [0.4, 0.5) is 5.69 Å². The van der Waals surface area contributed by atoms with E-state index < -0.39 is 5.91 Å². The van der Waals surface area contributed by atoms with Gasteiger partial charge in [-0.15, -0.1) is 0 Å². The van der Waals surface area contributed by atoms with Gasteiger partial charge in [-0.05, 0) is 54.0 Å². The number of fused-ring (bicyclic) bond motifs is 1. The Morgan fingerprint density at radius 3 is 2.42 bits per heavy atom. The van der Waals surface area contributed by atoms with Crippen molar-refractivity contribution in [2.75, 3.05) is 44.2 Å². The number of rotatable bonds is 8. The van der Waals surface area contributed by atoms with E-state index in [1.807, 2.05) is 35.2 Å². The second-order valence-electron chi connectivity index (χ2n) is 11.0. The summed E-state index contributed by atoms with van der Waals surface area (Å²) in [6.07, 6.45) is 3.48. The maximum atomic E-state index is 13.3. The van der Waals surface area contributed by atoms with Crippen LogP contribution in [0.15, 0.2) is 93.8 Å². The molecule has 2 aliphatic rings. The van der Waals surface area contributed by atoms with Crippen LogP contribution in [0.5, 0.6) is 0 Å². The van der Waals surface area contributed by atoms with E-state index in [1.54, 1.807) is 36.4 Å². The van der Waals surface area contributed by atoms with Crippen molar-refractivity contribution in [1.29, 1.82) is 0 Å². The summed E-state index contributed by atoms with van der Waals surface area (Å²) in [5.41, 5.74) is 4.01. The number of para-hydroxylation sites is 2. The Hall–Kier alpha value is -4.40. The zero-order valence-corrected chi connectivity index (χ0v) is 24.6. The third-order valence-electron chi connectivity index (χ3n) is 7.97. The van der Waals surface area contributed by atoms with Crippen molar-refractivity contribution in [1.82, 2.24) is 15.1 Å². The number of anilines is 1. The summed E-state index contributed by atoms with van der Waals surface area (Å²) in [5, 5.41) is 4.06. The smallest absolute Gasteiger partial charge is 0.291 e. The molecule has 3 heterocycles. The van der Waals surface area contributed by atoms with E-state index in [4.69, 9.17) is 16.0 Å². The molecule has 8 nitrogen and oxygen atoms in total. The SMILES string of the molecule is O=C(N/C(=C\c1ccc(Cl)cc1)CN1CCN(c2ccccc2CN2CCCC2=O)CC1)c1cc(=O)c2ccccc2o1. The van der Waals surface area contributed by atoms with Gasteiger partial charge in [-0.1, -0.05) is 54.1 Å². The zero-order valence-electron chi connectivity index (χ0n) is 23.8. The molecule has 220 valence electrons. The molecule has 0 bridgehead atoms. The molecule has 2 amide bonds. The Bertz CT molecular complexity index is 1720. The first-order chi connectivity index (χ1) is 20.9. The summed E-state index contributed by atoms with van der Waals surface area (Å²) in [5.74, 6) is -0.291. The Kier molecular flexibility index (Phi) is 8.58. The number of amides is 2. The molecule has 2 aliphatic heterocycles. The van der Waals surface area contributed by atoms with E-state index in [0.29, 0.717) is 41.2 Å². The van der Waals surface area contributed by atoms with Gasteiger partial charge in [-0.3, -0.25) is 19.3 Å². The number of hydrogen-bond acceptors (Lipinski definition) is 6. The van der Waals surface area contributed by atoms with Crippen molar-refractivity contribution in [3.63, 3.8) is 0 Å². The highest BCUT2D eigenvalue weighted by Gasteiger charge is 2.24. The highest BCUT2D eigenvalue weighted by Crippen LogP contribution is 2.25. The lowest BCUT2D eigenvalue weighted by Crippen LogP contribution is -2.48. The molecular weight excluding hydrogens is 564 g/mol. The van der Waals surface area contributed by atoms with Gasteiger partial charge in [0.25, 0.3) is 5.91 Å². The van der Waals surface area contributed by atoms with E-state index in [-0.39, 0.29) is 17.1 Å². The molecule has 0 saturated carbocycles. The van der Waals surface area contributed by atoms with Crippen molar-refractivity contribution in [3.8, 4) is 0 Å². The summed E-state index contributed by atoms with van der Waals surface area (Å²) < 4.78 is 5.79. The summed E-state index contributed by atoms with van der Waals surface area (Å²) in [7, 11) is 0. The van der Waals surface area contributed by atoms with Gasteiger partial charge < -0.3 is 19.5 Å². The lowest BCUT2D eigenvalue weighted by Gasteiger charge is -2.37. The molecule has 0 spiro atoms. The second kappa shape index (κ2) is 12.9. The largest absolute Gasteiger partial charge is 0.451 e. The Labute approximate surface area is 255 Å². The standard InChI is InChI=1S/C34H33ClN4O4/c35-26-13-11-24(12-14-26)20-27(36-34(42)32-21-30(40)28-7-2-4-9-31(28)43-32)23-37-16-18-38(19-17-37)29-8-3-1-6-25(29)22-39-15-5-10-33(39)41/h1-4,6-9,11-14,20-21H,5,10,15-19,22-23H2,(H,36,42)/b27-20-. The first kappa shape index (κ1) is 28.7. The van der Waals surface area contributed by atoms with Crippen molar-refractivity contribution >= 4 is 46.1 Å². The van der Waals surface area contributed by atoms with Crippen LogP contribution in [-0.4, -0.2) is 60.9 Å². The number of piperazine rings is 1. The van der Waals surface area contributed by atoms with Crippen LogP contribution in [0.3, 0.4) is 0 Å². The molecule has 3 aromatic carbocycles. The highest BCUT2D eigenvalue weighted by molar-refractivity contribution is 6.30. The molecule has 0 aliphatic carbocycles. The predicted octanol–water partition coefficient (Wildman–Crippen LogP) is 5.16. The molecular formula is C34H33ClN4O4. The highest BCUT2D eigenvalue weighted by atomic mass is 35.5. The van der Waals surface area contributed by atoms with E-state index in [0.717, 1.165) is 44.7 Å². The topological polar surface area (TPSA) is 86.1 Å². The van der Waals surface area contributed by atoms with Gasteiger partial charge in [0, 0.05) is 74.7 Å². The molecule has 0 unspecified atom stereocenters. The molecule has 1 aromatic heterocycles. The van der Waals surface area contributed by atoms with Crippen LogP contribution in [0.2, 0.25) is 5.02 Å². The monoisotopic (exact) mass is 596 g/mol. The van der Waals surface area contributed by atoms with Crippen LogP contribution in [-0.2, 0) is 11.3 Å². The van der Waals surface area contributed by atoms with Gasteiger partial charge in [0.1, 0.15) is 5.58 Å². The normalized spacial score (nSPS) is 16.2. The maximum absolute atomic E-state index is 13.3. The van der Waals surface area contributed by atoms with Crippen LogP contribution < -0.4 is 15.6 Å². The van der Waals surface area contributed by atoms with Gasteiger partial charge in [-0.25, -0.2) is 0 Å².